The molecule has 0 radical (unpaired) electrons. The number of pyridine rings is 1. The normalized spacial score (nSPS) is 15.9. The van der Waals surface area contributed by atoms with E-state index in [0.29, 0.717) is 28.5 Å². The van der Waals surface area contributed by atoms with Gasteiger partial charge in [-0.2, -0.15) is 0 Å². The van der Waals surface area contributed by atoms with Crippen LogP contribution in [0.1, 0.15) is 41.4 Å². The predicted octanol–water partition coefficient (Wildman–Crippen LogP) is 5.10. The third-order valence-electron chi connectivity index (χ3n) is 6.32. The van der Waals surface area contributed by atoms with Gasteiger partial charge in [-0.15, -0.1) is 0 Å². The number of carbonyl (C=O) groups is 1. The molecule has 1 fully saturated rings. The highest BCUT2D eigenvalue weighted by molar-refractivity contribution is 5.99. The number of aromatic nitrogens is 1. The van der Waals surface area contributed by atoms with Crippen LogP contribution in [0.3, 0.4) is 0 Å². The standard InChI is InChI=1S/C28H33N5O2/c1-18-13-21(10-11-25(18)28(34)32-22-8-6-12-33(4)17-22)20-7-5-9-23(14-20)35-24-15-26(30-3)27(19(2)29)31-16-24/h5,7,9-11,13-16,22,29-30H,6,8,12,17H2,1-4H3,(H,32,34)/t22-/m1/s1. The summed E-state index contributed by atoms with van der Waals surface area (Å²) in [4.78, 5) is 19.5. The molecule has 0 unspecified atom stereocenters. The fraction of sp³-hybridized carbons (Fsp3) is 0.321. The summed E-state index contributed by atoms with van der Waals surface area (Å²) in [5.74, 6) is 1.27. The monoisotopic (exact) mass is 471 g/mol. The maximum atomic E-state index is 12.9. The fourth-order valence-corrected chi connectivity index (χ4v) is 4.51. The van der Waals surface area contributed by atoms with Gasteiger partial charge in [-0.3, -0.25) is 4.79 Å². The van der Waals surface area contributed by atoms with E-state index in [2.05, 4.69) is 27.6 Å². The molecule has 1 atom stereocenters. The zero-order chi connectivity index (χ0) is 24.9. The Morgan fingerprint density at radius 1 is 1.14 bits per heavy atom. The molecule has 0 saturated carbocycles. The number of benzene rings is 2. The minimum absolute atomic E-state index is 0.0112. The first kappa shape index (κ1) is 24.4. The van der Waals surface area contributed by atoms with Gasteiger partial charge in [0.1, 0.15) is 17.2 Å². The smallest absolute Gasteiger partial charge is 0.251 e. The number of likely N-dealkylation sites (N-methyl/N-ethyl adjacent to an activating group) is 1. The molecule has 1 aromatic heterocycles. The molecule has 3 aromatic rings. The molecule has 35 heavy (non-hydrogen) atoms. The second-order valence-electron chi connectivity index (χ2n) is 9.18. The Morgan fingerprint density at radius 3 is 2.66 bits per heavy atom. The number of anilines is 1. The topological polar surface area (TPSA) is 90.3 Å². The highest BCUT2D eigenvalue weighted by Gasteiger charge is 2.20. The lowest BCUT2D eigenvalue weighted by atomic mass is 9.98. The van der Waals surface area contributed by atoms with E-state index in [-0.39, 0.29) is 11.9 Å². The van der Waals surface area contributed by atoms with Crippen LogP contribution >= 0.6 is 0 Å². The van der Waals surface area contributed by atoms with Gasteiger partial charge in [0.15, 0.2) is 0 Å². The molecule has 0 bridgehead atoms. The van der Waals surface area contributed by atoms with Gasteiger partial charge in [0.05, 0.1) is 17.6 Å². The van der Waals surface area contributed by atoms with Gasteiger partial charge in [-0.05, 0) is 75.2 Å². The highest BCUT2D eigenvalue weighted by atomic mass is 16.5. The Labute approximate surface area is 207 Å². The van der Waals surface area contributed by atoms with E-state index in [1.54, 1.807) is 20.2 Å². The number of nitrogens with zero attached hydrogens (tertiary/aromatic N) is 2. The summed E-state index contributed by atoms with van der Waals surface area (Å²) in [7, 11) is 3.90. The molecule has 7 nitrogen and oxygen atoms in total. The minimum Gasteiger partial charge on any atom is -0.456 e. The lowest BCUT2D eigenvalue weighted by Gasteiger charge is -2.30. The van der Waals surface area contributed by atoms with Crippen LogP contribution in [0.25, 0.3) is 11.1 Å². The van der Waals surface area contributed by atoms with Crippen LogP contribution < -0.4 is 15.4 Å². The Balaban J connectivity index is 1.50. The van der Waals surface area contributed by atoms with E-state index >= 15 is 0 Å². The maximum Gasteiger partial charge on any atom is 0.251 e. The zero-order valence-electron chi connectivity index (χ0n) is 20.8. The molecule has 2 aromatic carbocycles. The number of hydrogen-bond acceptors (Lipinski definition) is 6. The number of ether oxygens (including phenoxy) is 1. The number of nitrogens with one attached hydrogen (secondary N) is 3. The summed E-state index contributed by atoms with van der Waals surface area (Å²) >= 11 is 0. The zero-order valence-corrected chi connectivity index (χ0v) is 20.8. The molecule has 1 amide bonds. The lowest BCUT2D eigenvalue weighted by molar-refractivity contribution is 0.0912. The van der Waals surface area contributed by atoms with Crippen molar-refractivity contribution in [1.29, 1.82) is 5.41 Å². The molecule has 0 spiro atoms. The van der Waals surface area contributed by atoms with Gasteiger partial charge in [0, 0.05) is 31.3 Å². The minimum atomic E-state index is -0.0112. The third kappa shape index (κ3) is 5.87. The summed E-state index contributed by atoms with van der Waals surface area (Å²) in [5.41, 5.74) is 5.41. The molecule has 7 heteroatoms. The van der Waals surface area contributed by atoms with Crippen molar-refractivity contribution in [2.24, 2.45) is 0 Å². The van der Waals surface area contributed by atoms with Gasteiger partial charge >= 0.3 is 0 Å². The number of aryl methyl sites for hydroxylation is 1. The quantitative estimate of drug-likeness (QED) is 0.417. The number of carbonyl (C=O) groups excluding carboxylic acids is 1. The van der Waals surface area contributed by atoms with Crippen molar-refractivity contribution in [1.82, 2.24) is 15.2 Å². The predicted molar refractivity (Wildman–Crippen MR) is 141 cm³/mol. The third-order valence-corrected chi connectivity index (χ3v) is 6.32. The molecule has 3 N–H and O–H groups in total. The summed E-state index contributed by atoms with van der Waals surface area (Å²) in [5, 5.41) is 14.1. The van der Waals surface area contributed by atoms with E-state index in [1.807, 2.05) is 55.5 Å². The summed E-state index contributed by atoms with van der Waals surface area (Å²) in [6.07, 6.45) is 3.76. The number of rotatable bonds is 7. The van der Waals surface area contributed by atoms with Crippen LogP contribution in [-0.2, 0) is 0 Å². The summed E-state index contributed by atoms with van der Waals surface area (Å²) in [6.45, 7) is 5.66. The molecular weight excluding hydrogens is 438 g/mol. The number of hydrogen-bond donors (Lipinski definition) is 3. The van der Waals surface area contributed by atoms with Crippen molar-refractivity contribution in [3.8, 4) is 22.6 Å². The molecule has 1 aliphatic heterocycles. The van der Waals surface area contributed by atoms with E-state index < -0.39 is 0 Å². The van der Waals surface area contributed by atoms with E-state index in [4.69, 9.17) is 10.1 Å². The lowest BCUT2D eigenvalue weighted by Crippen LogP contribution is -2.46. The van der Waals surface area contributed by atoms with Crippen molar-refractivity contribution < 1.29 is 9.53 Å². The van der Waals surface area contributed by atoms with Gasteiger partial charge < -0.3 is 25.7 Å². The molecule has 1 aliphatic rings. The summed E-state index contributed by atoms with van der Waals surface area (Å²) in [6, 6.07) is 15.8. The van der Waals surface area contributed by atoms with Crippen molar-refractivity contribution in [3.63, 3.8) is 0 Å². The van der Waals surface area contributed by atoms with Crippen molar-refractivity contribution in [2.45, 2.75) is 32.7 Å². The first-order valence-corrected chi connectivity index (χ1v) is 12.0. The fourth-order valence-electron chi connectivity index (χ4n) is 4.51. The van der Waals surface area contributed by atoms with Crippen LogP contribution in [0.5, 0.6) is 11.5 Å². The van der Waals surface area contributed by atoms with Gasteiger partial charge in [0.2, 0.25) is 0 Å². The van der Waals surface area contributed by atoms with Crippen LogP contribution in [-0.4, -0.2) is 54.7 Å². The molecule has 182 valence electrons. The van der Waals surface area contributed by atoms with E-state index in [9.17, 15) is 4.79 Å². The molecule has 4 rings (SSSR count). The average molecular weight is 472 g/mol. The van der Waals surface area contributed by atoms with Crippen molar-refractivity contribution >= 4 is 17.3 Å². The van der Waals surface area contributed by atoms with Gasteiger partial charge in [-0.1, -0.05) is 24.3 Å². The average Bonchev–Trinajstić information content (AvgIpc) is 2.83. The second kappa shape index (κ2) is 10.7. The number of piperidine rings is 1. The maximum absolute atomic E-state index is 12.9. The Bertz CT molecular complexity index is 1240. The first-order valence-electron chi connectivity index (χ1n) is 12.0. The molecule has 2 heterocycles. The largest absolute Gasteiger partial charge is 0.456 e. The number of amides is 1. The van der Waals surface area contributed by atoms with E-state index in [0.717, 1.165) is 48.3 Å². The van der Waals surface area contributed by atoms with Crippen molar-refractivity contribution in [2.75, 3.05) is 32.5 Å². The number of likely N-dealkylation sites (tertiary alicyclic amines) is 1. The van der Waals surface area contributed by atoms with Gasteiger partial charge in [-0.25, -0.2) is 4.98 Å². The van der Waals surface area contributed by atoms with Crippen molar-refractivity contribution in [3.05, 3.63) is 71.5 Å². The van der Waals surface area contributed by atoms with Crippen LogP contribution in [0.15, 0.2) is 54.7 Å². The Morgan fingerprint density at radius 2 is 1.94 bits per heavy atom. The second-order valence-corrected chi connectivity index (χ2v) is 9.18. The molecule has 0 aliphatic carbocycles. The van der Waals surface area contributed by atoms with Gasteiger partial charge in [0.25, 0.3) is 5.91 Å². The molecular formula is C28H33N5O2. The SMILES string of the molecule is CNc1cc(Oc2cccc(-c3ccc(C(=O)N[C@@H]4CCCN(C)C4)c(C)c3)c2)cnc1C(C)=N. The molecule has 1 saturated heterocycles. The highest BCUT2D eigenvalue weighted by Crippen LogP contribution is 2.30. The first-order chi connectivity index (χ1) is 16.8. The van der Waals surface area contributed by atoms with Crippen LogP contribution in [0.2, 0.25) is 0 Å². The summed E-state index contributed by atoms with van der Waals surface area (Å²) < 4.78 is 6.06. The van der Waals surface area contributed by atoms with Crippen LogP contribution in [0, 0.1) is 12.3 Å². The van der Waals surface area contributed by atoms with E-state index in [1.165, 1.54) is 0 Å². The Hall–Kier alpha value is -3.71. The Kier molecular flexibility index (Phi) is 7.46. The van der Waals surface area contributed by atoms with Crippen LogP contribution in [0.4, 0.5) is 5.69 Å².